The van der Waals surface area contributed by atoms with E-state index in [0.717, 1.165) is 4.47 Å². The van der Waals surface area contributed by atoms with Gasteiger partial charge in [0.2, 0.25) is 0 Å². The summed E-state index contributed by atoms with van der Waals surface area (Å²) < 4.78 is 26.7. The van der Waals surface area contributed by atoms with Gasteiger partial charge in [-0.15, -0.1) is 0 Å². The van der Waals surface area contributed by atoms with E-state index < -0.39 is 10.0 Å². The van der Waals surface area contributed by atoms with Crippen molar-refractivity contribution in [3.63, 3.8) is 0 Å². The topological polar surface area (TPSA) is 50.3 Å². The Morgan fingerprint density at radius 1 is 1.22 bits per heavy atom. The normalized spacial score (nSPS) is 11.2. The van der Waals surface area contributed by atoms with Crippen LogP contribution in [0.1, 0.15) is 0 Å². The number of halogens is 1. The minimum atomic E-state index is -3.55. The van der Waals surface area contributed by atoms with Gasteiger partial charge in [0, 0.05) is 17.7 Å². The minimum Gasteiger partial charge on any atom is -0.268 e. The molecule has 0 aliphatic heterocycles. The first-order chi connectivity index (χ1) is 8.51. The predicted molar refractivity (Wildman–Crippen MR) is 74.0 cm³/mol. The van der Waals surface area contributed by atoms with Crippen LogP contribution in [0.5, 0.6) is 0 Å². The number of benzene rings is 1. The van der Waals surface area contributed by atoms with Gasteiger partial charge in [-0.05, 0) is 30.3 Å². The number of aromatic nitrogens is 1. The summed E-state index contributed by atoms with van der Waals surface area (Å²) in [4.78, 5) is 4.15. The fraction of sp³-hybridized carbons (Fsp3) is 0.0833. The molecule has 94 valence electrons. The van der Waals surface area contributed by atoms with Gasteiger partial charge in [0.25, 0.3) is 10.0 Å². The summed E-state index contributed by atoms with van der Waals surface area (Å²) in [6.07, 6.45) is 3.11. The summed E-state index contributed by atoms with van der Waals surface area (Å²) in [5, 5.41) is 0. The van der Waals surface area contributed by atoms with E-state index in [0.29, 0.717) is 5.69 Å². The van der Waals surface area contributed by atoms with Gasteiger partial charge in [-0.1, -0.05) is 22.0 Å². The Balaban J connectivity index is 2.44. The van der Waals surface area contributed by atoms with Crippen molar-refractivity contribution >= 4 is 31.6 Å². The lowest BCUT2D eigenvalue weighted by Crippen LogP contribution is -2.26. The summed E-state index contributed by atoms with van der Waals surface area (Å²) >= 11 is 3.26. The second kappa shape index (κ2) is 5.07. The predicted octanol–water partition coefficient (Wildman–Crippen LogP) is 2.67. The number of pyridine rings is 1. The molecule has 0 saturated carbocycles. The van der Waals surface area contributed by atoms with Crippen molar-refractivity contribution < 1.29 is 8.42 Å². The highest BCUT2D eigenvalue weighted by Crippen LogP contribution is 2.23. The van der Waals surface area contributed by atoms with Crippen molar-refractivity contribution in [2.75, 3.05) is 11.4 Å². The molecule has 1 aromatic carbocycles. The lowest BCUT2D eigenvalue weighted by Gasteiger charge is -2.19. The number of hydrogen-bond acceptors (Lipinski definition) is 3. The summed E-state index contributed by atoms with van der Waals surface area (Å²) in [6.45, 7) is 0. The molecule has 1 aromatic heterocycles. The van der Waals surface area contributed by atoms with Crippen molar-refractivity contribution in [3.05, 3.63) is 53.3 Å². The molecule has 2 aromatic rings. The average molecular weight is 327 g/mol. The third kappa shape index (κ3) is 2.54. The Morgan fingerprint density at radius 2 is 2.00 bits per heavy atom. The highest BCUT2D eigenvalue weighted by Gasteiger charge is 2.21. The SMILES string of the molecule is CN(c1cccnc1)S(=O)(=O)c1cccc(Br)c1. The largest absolute Gasteiger partial charge is 0.268 e. The van der Waals surface area contributed by atoms with E-state index in [1.807, 2.05) is 0 Å². The summed E-state index contributed by atoms with van der Waals surface area (Å²) in [5.74, 6) is 0. The molecular formula is C12H11BrN2O2S. The monoisotopic (exact) mass is 326 g/mol. The smallest absolute Gasteiger partial charge is 0.264 e. The average Bonchev–Trinajstić information content (AvgIpc) is 2.39. The van der Waals surface area contributed by atoms with Crippen LogP contribution in [0.3, 0.4) is 0 Å². The molecule has 0 spiro atoms. The van der Waals surface area contributed by atoms with Crippen LogP contribution in [0.2, 0.25) is 0 Å². The number of rotatable bonds is 3. The van der Waals surface area contributed by atoms with Gasteiger partial charge in [-0.2, -0.15) is 0 Å². The Morgan fingerprint density at radius 3 is 2.61 bits per heavy atom. The van der Waals surface area contributed by atoms with Crippen LogP contribution in [0, 0.1) is 0 Å². The third-order valence-corrected chi connectivity index (χ3v) is 4.74. The molecule has 0 amide bonds. The Kier molecular flexibility index (Phi) is 3.68. The van der Waals surface area contributed by atoms with Crippen molar-refractivity contribution in [1.29, 1.82) is 0 Å². The van der Waals surface area contributed by atoms with Crippen molar-refractivity contribution in [2.24, 2.45) is 0 Å². The minimum absolute atomic E-state index is 0.239. The van der Waals surface area contributed by atoms with Crippen LogP contribution in [0.4, 0.5) is 5.69 Å². The van der Waals surface area contributed by atoms with Crippen LogP contribution < -0.4 is 4.31 Å². The maximum atomic E-state index is 12.4. The lowest BCUT2D eigenvalue weighted by atomic mass is 10.4. The van der Waals surface area contributed by atoms with Crippen molar-refractivity contribution in [2.45, 2.75) is 4.90 Å². The van der Waals surface area contributed by atoms with Crippen LogP contribution in [0.25, 0.3) is 0 Å². The zero-order valence-electron chi connectivity index (χ0n) is 9.62. The molecule has 0 bridgehead atoms. The van der Waals surface area contributed by atoms with E-state index in [1.54, 1.807) is 42.6 Å². The number of nitrogens with zero attached hydrogens (tertiary/aromatic N) is 2. The van der Waals surface area contributed by atoms with Gasteiger partial charge in [0.1, 0.15) is 0 Å². The van der Waals surface area contributed by atoms with Gasteiger partial charge in [-0.3, -0.25) is 9.29 Å². The second-order valence-electron chi connectivity index (χ2n) is 3.64. The zero-order chi connectivity index (χ0) is 13.2. The summed E-state index contributed by atoms with van der Waals surface area (Å²) in [5.41, 5.74) is 0.525. The fourth-order valence-corrected chi connectivity index (χ4v) is 3.24. The van der Waals surface area contributed by atoms with Gasteiger partial charge in [-0.25, -0.2) is 8.42 Å². The van der Waals surface area contributed by atoms with Crippen molar-refractivity contribution in [3.8, 4) is 0 Å². The highest BCUT2D eigenvalue weighted by molar-refractivity contribution is 9.10. The molecule has 0 atom stereocenters. The molecule has 0 unspecified atom stereocenters. The molecule has 0 fully saturated rings. The third-order valence-electron chi connectivity index (χ3n) is 2.46. The molecule has 1 heterocycles. The van der Waals surface area contributed by atoms with E-state index in [9.17, 15) is 8.42 Å². The number of sulfonamides is 1. The lowest BCUT2D eigenvalue weighted by molar-refractivity contribution is 0.594. The van der Waals surface area contributed by atoms with E-state index in [-0.39, 0.29) is 4.90 Å². The molecule has 4 nitrogen and oxygen atoms in total. The molecule has 0 aliphatic carbocycles. The zero-order valence-corrected chi connectivity index (χ0v) is 12.0. The van der Waals surface area contributed by atoms with E-state index in [2.05, 4.69) is 20.9 Å². The Labute approximate surface area is 114 Å². The second-order valence-corrected chi connectivity index (χ2v) is 6.53. The molecule has 0 N–H and O–H groups in total. The number of hydrogen-bond donors (Lipinski definition) is 0. The highest BCUT2D eigenvalue weighted by atomic mass is 79.9. The maximum Gasteiger partial charge on any atom is 0.264 e. The molecule has 6 heteroatoms. The van der Waals surface area contributed by atoms with Crippen LogP contribution in [-0.4, -0.2) is 20.4 Å². The molecular weight excluding hydrogens is 316 g/mol. The van der Waals surface area contributed by atoms with E-state index >= 15 is 0 Å². The van der Waals surface area contributed by atoms with Gasteiger partial charge < -0.3 is 0 Å². The Bertz CT molecular complexity index is 644. The first-order valence-electron chi connectivity index (χ1n) is 5.16. The number of anilines is 1. The summed E-state index contributed by atoms with van der Waals surface area (Å²) in [7, 11) is -2.04. The van der Waals surface area contributed by atoms with Crippen LogP contribution >= 0.6 is 15.9 Å². The summed E-state index contributed by atoms with van der Waals surface area (Å²) in [6, 6.07) is 10.00. The van der Waals surface area contributed by atoms with Gasteiger partial charge in [0.05, 0.1) is 16.8 Å². The molecule has 0 saturated heterocycles. The Hall–Kier alpha value is -1.40. The van der Waals surface area contributed by atoms with E-state index in [4.69, 9.17) is 0 Å². The molecule has 2 rings (SSSR count). The standard InChI is InChI=1S/C12H11BrN2O2S/c1-15(11-5-3-7-14-9-11)18(16,17)12-6-2-4-10(13)8-12/h2-9H,1H3. The fourth-order valence-electron chi connectivity index (χ4n) is 1.46. The molecule has 0 radical (unpaired) electrons. The van der Waals surface area contributed by atoms with Crippen LogP contribution in [-0.2, 0) is 10.0 Å². The van der Waals surface area contributed by atoms with Gasteiger partial charge in [0.15, 0.2) is 0 Å². The maximum absolute atomic E-state index is 12.4. The van der Waals surface area contributed by atoms with E-state index in [1.165, 1.54) is 17.5 Å². The molecule has 18 heavy (non-hydrogen) atoms. The van der Waals surface area contributed by atoms with Crippen molar-refractivity contribution in [1.82, 2.24) is 4.98 Å². The van der Waals surface area contributed by atoms with Gasteiger partial charge >= 0.3 is 0 Å². The van der Waals surface area contributed by atoms with Crippen LogP contribution in [0.15, 0.2) is 58.2 Å². The first-order valence-corrected chi connectivity index (χ1v) is 7.39. The quantitative estimate of drug-likeness (QED) is 0.871. The first kappa shape index (κ1) is 13.0. The molecule has 0 aliphatic rings.